The van der Waals surface area contributed by atoms with Crippen LogP contribution >= 0.6 is 23.2 Å². The number of hydrogen-bond acceptors (Lipinski definition) is 10. The number of carbonyl (C=O) groups is 4. The zero-order valence-electron chi connectivity index (χ0n) is 26.6. The van der Waals surface area contributed by atoms with Gasteiger partial charge in [-0.05, 0) is 66.4 Å². The summed E-state index contributed by atoms with van der Waals surface area (Å²) in [5.41, 5.74) is 2.56. The molecule has 2 amide bonds. The minimum Gasteiger partial charge on any atom is -0.464 e. The lowest BCUT2D eigenvalue weighted by Gasteiger charge is -2.30. The highest BCUT2D eigenvalue weighted by atomic mass is 35.5. The number of nitrogens with one attached hydrogen (secondary N) is 1. The van der Waals surface area contributed by atoms with Crippen LogP contribution in [0.3, 0.4) is 0 Å². The molecule has 0 aliphatic carbocycles. The number of hydrogen-bond donors (Lipinski definition) is 2. The van der Waals surface area contributed by atoms with Gasteiger partial charge in [-0.2, -0.15) is 0 Å². The van der Waals surface area contributed by atoms with Gasteiger partial charge in [0.2, 0.25) is 6.29 Å². The summed E-state index contributed by atoms with van der Waals surface area (Å²) in [7, 11) is -3.59. The molecule has 12 nitrogen and oxygen atoms in total. The van der Waals surface area contributed by atoms with Crippen LogP contribution in [0.5, 0.6) is 0 Å². The zero-order valence-corrected chi connectivity index (χ0v) is 28.9. The first-order valence-corrected chi connectivity index (χ1v) is 17.7. The summed E-state index contributed by atoms with van der Waals surface area (Å²) in [6.07, 6.45) is -0.222. The van der Waals surface area contributed by atoms with Gasteiger partial charge in [0.25, 0.3) is 11.8 Å². The Morgan fingerprint density at radius 2 is 1.76 bits per heavy atom. The second-order valence-corrected chi connectivity index (χ2v) is 14.4. The number of carbonyl (C=O) groups excluding carboxylic acids is 4. The molecule has 3 unspecified atom stereocenters. The van der Waals surface area contributed by atoms with Crippen molar-refractivity contribution in [1.82, 2.24) is 10.2 Å². The fourth-order valence-electron chi connectivity index (χ4n) is 5.40. The van der Waals surface area contributed by atoms with Gasteiger partial charge in [-0.3, -0.25) is 9.59 Å². The van der Waals surface area contributed by atoms with Gasteiger partial charge in [-0.1, -0.05) is 41.4 Å². The van der Waals surface area contributed by atoms with Crippen LogP contribution in [0.15, 0.2) is 70.2 Å². The Kier molecular flexibility index (Phi) is 10.7. The molecule has 3 aromatic carbocycles. The molecule has 258 valence electrons. The van der Waals surface area contributed by atoms with Gasteiger partial charge < -0.3 is 29.2 Å². The summed E-state index contributed by atoms with van der Waals surface area (Å²) < 4.78 is 39.9. The standard InChI is InChI=1S/C34H32Cl2N2O10S/c1-18(39)33(42)47-19(2)48-34(43)27(14-20-5-4-6-24(13-20)49(3,44)45)37-31(40)29-26(35)15-23-17-38(11-9-25(23)30(29)36)32(41)22-8-7-21-10-12-46-28(21)16-22/h4-8,10,12-13,15-16,18-19,27,39H,9,11,14,17H2,1-3H3,(H,37,40). The quantitative estimate of drug-likeness (QED) is 0.175. The van der Waals surface area contributed by atoms with E-state index < -0.39 is 46.1 Å². The second kappa shape index (κ2) is 14.6. The molecule has 0 saturated carbocycles. The van der Waals surface area contributed by atoms with Crippen molar-refractivity contribution in [2.24, 2.45) is 0 Å². The fourth-order valence-corrected chi connectivity index (χ4v) is 6.85. The number of aliphatic hydroxyl groups is 1. The maximum absolute atomic E-state index is 13.7. The molecule has 2 heterocycles. The molecular formula is C34H32Cl2N2O10S. The van der Waals surface area contributed by atoms with E-state index >= 15 is 0 Å². The summed E-state index contributed by atoms with van der Waals surface area (Å²) in [6, 6.07) is 12.9. The Balaban J connectivity index is 1.38. The Bertz CT molecular complexity index is 2060. The molecule has 0 fully saturated rings. The van der Waals surface area contributed by atoms with E-state index in [1.54, 1.807) is 47.6 Å². The van der Waals surface area contributed by atoms with E-state index in [1.165, 1.54) is 32.0 Å². The predicted molar refractivity (Wildman–Crippen MR) is 179 cm³/mol. The van der Waals surface area contributed by atoms with E-state index in [-0.39, 0.29) is 39.4 Å². The van der Waals surface area contributed by atoms with E-state index in [2.05, 4.69) is 5.32 Å². The van der Waals surface area contributed by atoms with Gasteiger partial charge >= 0.3 is 11.9 Å². The average molecular weight is 732 g/mol. The molecule has 0 radical (unpaired) electrons. The molecule has 1 aliphatic rings. The summed E-state index contributed by atoms with van der Waals surface area (Å²) in [4.78, 5) is 53.8. The van der Waals surface area contributed by atoms with Gasteiger partial charge in [0.15, 0.2) is 9.84 Å². The number of amides is 2. The topological polar surface area (TPSA) is 170 Å². The lowest BCUT2D eigenvalue weighted by molar-refractivity contribution is -0.191. The summed E-state index contributed by atoms with van der Waals surface area (Å²) in [5.74, 6) is -3.09. The number of benzene rings is 3. The second-order valence-electron chi connectivity index (χ2n) is 11.6. The average Bonchev–Trinajstić information content (AvgIpc) is 3.51. The normalized spacial score (nSPS) is 14.8. The largest absolute Gasteiger partial charge is 0.464 e. The van der Waals surface area contributed by atoms with Crippen molar-refractivity contribution in [3.05, 3.63) is 98.7 Å². The maximum atomic E-state index is 13.7. The lowest BCUT2D eigenvalue weighted by atomic mass is 9.95. The molecule has 5 rings (SSSR count). The third-order valence-corrected chi connectivity index (χ3v) is 9.71. The van der Waals surface area contributed by atoms with E-state index in [0.717, 1.165) is 11.6 Å². The minimum atomic E-state index is -3.59. The number of aliphatic hydroxyl groups excluding tert-OH is 1. The lowest BCUT2D eigenvalue weighted by Crippen LogP contribution is -2.45. The maximum Gasteiger partial charge on any atom is 0.337 e. The molecule has 1 aromatic heterocycles. The highest BCUT2D eigenvalue weighted by molar-refractivity contribution is 7.90. The van der Waals surface area contributed by atoms with Crippen LogP contribution < -0.4 is 5.32 Å². The van der Waals surface area contributed by atoms with Crippen molar-refractivity contribution in [3.63, 3.8) is 0 Å². The van der Waals surface area contributed by atoms with Gasteiger partial charge in [0.1, 0.15) is 17.7 Å². The molecular weight excluding hydrogens is 699 g/mol. The summed E-state index contributed by atoms with van der Waals surface area (Å²) in [6.45, 7) is 2.92. The molecule has 0 saturated heterocycles. The van der Waals surface area contributed by atoms with E-state index in [1.807, 2.05) is 0 Å². The minimum absolute atomic E-state index is 0.00232. The molecule has 0 spiro atoms. The molecule has 49 heavy (non-hydrogen) atoms. The Hall–Kier alpha value is -4.43. The van der Waals surface area contributed by atoms with Crippen molar-refractivity contribution in [2.45, 2.75) is 56.6 Å². The SMILES string of the molecule is CC(OC(=O)C(C)O)OC(=O)C(Cc1cccc(S(C)(=O)=O)c1)NC(=O)c1c(Cl)cc2c(c1Cl)CCN(C(=O)c1ccc3ccoc3c1)C2. The van der Waals surface area contributed by atoms with Crippen molar-refractivity contribution < 1.29 is 46.6 Å². The smallest absolute Gasteiger partial charge is 0.337 e. The van der Waals surface area contributed by atoms with Crippen LogP contribution in [-0.4, -0.2) is 73.4 Å². The van der Waals surface area contributed by atoms with Gasteiger partial charge in [-0.15, -0.1) is 0 Å². The molecule has 3 atom stereocenters. The number of fused-ring (bicyclic) bond motifs is 2. The van der Waals surface area contributed by atoms with E-state index in [0.29, 0.717) is 40.8 Å². The van der Waals surface area contributed by atoms with Crippen LogP contribution in [0.4, 0.5) is 0 Å². The van der Waals surface area contributed by atoms with Gasteiger partial charge in [0, 0.05) is 43.6 Å². The number of esters is 2. The van der Waals surface area contributed by atoms with E-state index in [9.17, 15) is 32.7 Å². The van der Waals surface area contributed by atoms with Crippen molar-refractivity contribution in [2.75, 3.05) is 12.8 Å². The van der Waals surface area contributed by atoms with Crippen molar-refractivity contribution in [1.29, 1.82) is 0 Å². The summed E-state index contributed by atoms with van der Waals surface area (Å²) >= 11 is 13.4. The number of halogens is 2. The third-order valence-electron chi connectivity index (χ3n) is 7.88. The van der Waals surface area contributed by atoms with Crippen LogP contribution in [0, 0.1) is 0 Å². The number of nitrogens with zero attached hydrogens (tertiary/aromatic N) is 1. The Labute approximate surface area is 291 Å². The predicted octanol–water partition coefficient (Wildman–Crippen LogP) is 4.50. The zero-order chi connectivity index (χ0) is 35.6. The van der Waals surface area contributed by atoms with Gasteiger partial charge in [0.05, 0.1) is 26.8 Å². The van der Waals surface area contributed by atoms with Crippen LogP contribution in [-0.2, 0) is 48.3 Å². The number of ether oxygens (including phenoxy) is 2. The molecule has 15 heteroatoms. The van der Waals surface area contributed by atoms with E-state index in [4.69, 9.17) is 37.1 Å². The molecule has 2 N–H and O–H groups in total. The first-order valence-electron chi connectivity index (χ1n) is 15.1. The summed E-state index contributed by atoms with van der Waals surface area (Å²) in [5, 5.41) is 12.9. The fraction of sp³-hybridized carbons (Fsp3) is 0.294. The van der Waals surface area contributed by atoms with Crippen LogP contribution in [0.25, 0.3) is 11.0 Å². The molecule has 1 aliphatic heterocycles. The highest BCUT2D eigenvalue weighted by Gasteiger charge is 2.31. The van der Waals surface area contributed by atoms with Crippen molar-refractivity contribution >= 4 is 67.8 Å². The molecule has 0 bridgehead atoms. The monoisotopic (exact) mass is 730 g/mol. The molecule has 4 aromatic rings. The van der Waals surface area contributed by atoms with Crippen LogP contribution in [0.1, 0.15) is 51.3 Å². The highest BCUT2D eigenvalue weighted by Crippen LogP contribution is 2.35. The number of furan rings is 1. The number of sulfone groups is 1. The van der Waals surface area contributed by atoms with Crippen LogP contribution in [0.2, 0.25) is 10.0 Å². The van der Waals surface area contributed by atoms with Crippen molar-refractivity contribution in [3.8, 4) is 0 Å². The number of rotatable bonds is 10. The third kappa shape index (κ3) is 8.24. The van der Waals surface area contributed by atoms with Gasteiger partial charge in [-0.25, -0.2) is 18.0 Å². The first-order chi connectivity index (χ1) is 23.1. The Morgan fingerprint density at radius 3 is 2.47 bits per heavy atom. The Morgan fingerprint density at radius 1 is 1.02 bits per heavy atom. The first kappa shape index (κ1) is 35.9.